The molecule has 0 aliphatic rings. The predicted octanol–water partition coefficient (Wildman–Crippen LogP) is 13.3. The number of hydrogen-bond acceptors (Lipinski definition) is 4. The SMILES string of the molecule is c1ccc(-c2cc3ccccc3cc2-c2nc(-c3ccc4oc5cc6ccccc6cc5c4c3)nc(-n3c4ccccc4c4c5ccccc5ccc43)n2)cc1. The zero-order valence-electron chi connectivity index (χ0n) is 30.0. The number of hydrogen-bond donors (Lipinski definition) is 0. The summed E-state index contributed by atoms with van der Waals surface area (Å²) in [7, 11) is 0. The van der Waals surface area contributed by atoms with Gasteiger partial charge in [-0.1, -0.05) is 127 Å². The molecule has 0 spiro atoms. The number of para-hydroxylation sites is 1. The minimum Gasteiger partial charge on any atom is -0.456 e. The summed E-state index contributed by atoms with van der Waals surface area (Å²) in [6.07, 6.45) is 0. The van der Waals surface area contributed by atoms with Crippen molar-refractivity contribution in [2.75, 3.05) is 0 Å². The van der Waals surface area contributed by atoms with Crippen LogP contribution in [0.25, 0.3) is 116 Å². The van der Waals surface area contributed by atoms with Crippen LogP contribution in [0.15, 0.2) is 186 Å². The first-order valence-electron chi connectivity index (χ1n) is 18.8. The van der Waals surface area contributed by atoms with E-state index in [-0.39, 0.29) is 0 Å². The van der Waals surface area contributed by atoms with E-state index in [1.165, 1.54) is 21.5 Å². The fourth-order valence-corrected chi connectivity index (χ4v) is 8.55. The number of aromatic nitrogens is 4. The van der Waals surface area contributed by atoms with Gasteiger partial charge < -0.3 is 4.42 Å². The van der Waals surface area contributed by atoms with E-state index in [1.807, 2.05) is 12.1 Å². The summed E-state index contributed by atoms with van der Waals surface area (Å²) < 4.78 is 8.61. The zero-order valence-corrected chi connectivity index (χ0v) is 30.0. The molecular formula is C51H30N4O. The van der Waals surface area contributed by atoms with E-state index in [9.17, 15) is 0 Å². The van der Waals surface area contributed by atoms with Crippen molar-refractivity contribution >= 4 is 76.1 Å². The van der Waals surface area contributed by atoms with Gasteiger partial charge in [-0.05, 0) is 98.0 Å². The van der Waals surface area contributed by atoms with Crippen LogP contribution in [0.2, 0.25) is 0 Å². The summed E-state index contributed by atoms with van der Waals surface area (Å²) in [5, 5.41) is 11.4. The molecule has 3 aromatic heterocycles. The fourth-order valence-electron chi connectivity index (χ4n) is 8.55. The molecule has 12 rings (SSSR count). The average Bonchev–Trinajstić information content (AvgIpc) is 3.80. The molecule has 0 N–H and O–H groups in total. The Morgan fingerprint density at radius 3 is 1.79 bits per heavy atom. The highest BCUT2D eigenvalue weighted by molar-refractivity contribution is 6.21. The van der Waals surface area contributed by atoms with Crippen LogP contribution in [0, 0.1) is 0 Å². The molecule has 0 saturated carbocycles. The standard InChI is InChI=1S/C51H30N4O/c1-2-12-31(13-3-1)40-26-33-15-4-5-17-35(33)28-43(40)50-52-49(37-23-25-46-41(29-37)42-27-34-16-6-7-18-36(34)30-47(42)56-46)53-51(54-50)55-44-21-11-10-20-39(44)48-38-19-9-8-14-32(38)22-24-45(48)55/h1-30H. The molecule has 0 atom stereocenters. The molecule has 9 aromatic carbocycles. The van der Waals surface area contributed by atoms with Crippen molar-refractivity contribution in [2.24, 2.45) is 0 Å². The molecule has 56 heavy (non-hydrogen) atoms. The minimum atomic E-state index is 0.557. The van der Waals surface area contributed by atoms with Gasteiger partial charge >= 0.3 is 0 Å². The van der Waals surface area contributed by atoms with E-state index in [2.05, 4.69) is 174 Å². The number of furan rings is 1. The molecule has 0 aliphatic heterocycles. The third-order valence-corrected chi connectivity index (χ3v) is 11.2. The first kappa shape index (κ1) is 30.8. The Balaban J connectivity index is 1.17. The molecule has 260 valence electrons. The van der Waals surface area contributed by atoms with Gasteiger partial charge in [0, 0.05) is 32.7 Å². The molecule has 0 aliphatic carbocycles. The topological polar surface area (TPSA) is 56.7 Å². The smallest absolute Gasteiger partial charge is 0.238 e. The summed E-state index contributed by atoms with van der Waals surface area (Å²) in [5.41, 5.74) is 7.73. The Morgan fingerprint density at radius 2 is 0.982 bits per heavy atom. The molecule has 12 aromatic rings. The highest BCUT2D eigenvalue weighted by Crippen LogP contribution is 2.40. The van der Waals surface area contributed by atoms with Gasteiger partial charge in [0.25, 0.3) is 0 Å². The fraction of sp³-hybridized carbons (Fsp3) is 0. The maximum absolute atomic E-state index is 6.41. The van der Waals surface area contributed by atoms with Gasteiger partial charge in [0.2, 0.25) is 5.95 Å². The number of rotatable bonds is 4. The summed E-state index contributed by atoms with van der Waals surface area (Å²) in [4.78, 5) is 16.1. The Labute approximate surface area is 320 Å². The second-order valence-corrected chi connectivity index (χ2v) is 14.4. The number of benzene rings is 9. The van der Waals surface area contributed by atoms with Gasteiger partial charge in [-0.25, -0.2) is 4.98 Å². The van der Waals surface area contributed by atoms with Crippen molar-refractivity contribution in [3.63, 3.8) is 0 Å². The second kappa shape index (κ2) is 11.9. The predicted molar refractivity (Wildman–Crippen MR) is 230 cm³/mol. The van der Waals surface area contributed by atoms with E-state index in [4.69, 9.17) is 19.4 Å². The van der Waals surface area contributed by atoms with Crippen LogP contribution < -0.4 is 0 Å². The van der Waals surface area contributed by atoms with Crippen molar-refractivity contribution in [3.8, 4) is 39.9 Å². The Bertz CT molecular complexity index is 3540. The second-order valence-electron chi connectivity index (χ2n) is 14.4. The lowest BCUT2D eigenvalue weighted by atomic mass is 9.95. The lowest BCUT2D eigenvalue weighted by Crippen LogP contribution is -2.07. The van der Waals surface area contributed by atoms with E-state index < -0.39 is 0 Å². The van der Waals surface area contributed by atoms with Gasteiger partial charge in [-0.15, -0.1) is 0 Å². The van der Waals surface area contributed by atoms with Crippen LogP contribution >= 0.6 is 0 Å². The molecule has 0 saturated heterocycles. The largest absolute Gasteiger partial charge is 0.456 e. The van der Waals surface area contributed by atoms with Crippen molar-refractivity contribution in [1.29, 1.82) is 0 Å². The summed E-state index contributed by atoms with van der Waals surface area (Å²) in [6, 6.07) is 63.9. The quantitative estimate of drug-likeness (QED) is 0.182. The van der Waals surface area contributed by atoms with Crippen LogP contribution in [0.1, 0.15) is 0 Å². The lowest BCUT2D eigenvalue weighted by molar-refractivity contribution is 0.669. The van der Waals surface area contributed by atoms with Gasteiger partial charge in [0.15, 0.2) is 11.6 Å². The van der Waals surface area contributed by atoms with Crippen LogP contribution in [-0.4, -0.2) is 19.5 Å². The molecular weight excluding hydrogens is 685 g/mol. The van der Waals surface area contributed by atoms with Crippen LogP contribution in [-0.2, 0) is 0 Å². The molecule has 0 unspecified atom stereocenters. The van der Waals surface area contributed by atoms with Gasteiger partial charge in [0.1, 0.15) is 11.2 Å². The lowest BCUT2D eigenvalue weighted by Gasteiger charge is -2.14. The van der Waals surface area contributed by atoms with Crippen molar-refractivity contribution in [2.45, 2.75) is 0 Å². The van der Waals surface area contributed by atoms with Crippen molar-refractivity contribution < 1.29 is 4.42 Å². The first-order chi connectivity index (χ1) is 27.7. The zero-order chi connectivity index (χ0) is 36.7. The summed E-state index contributed by atoms with van der Waals surface area (Å²) in [5.74, 6) is 1.74. The van der Waals surface area contributed by atoms with Gasteiger partial charge in [-0.3, -0.25) is 4.57 Å². The average molecular weight is 715 g/mol. The van der Waals surface area contributed by atoms with E-state index in [1.54, 1.807) is 0 Å². The summed E-state index contributed by atoms with van der Waals surface area (Å²) in [6.45, 7) is 0. The minimum absolute atomic E-state index is 0.557. The normalized spacial score (nSPS) is 11.9. The Morgan fingerprint density at radius 1 is 0.357 bits per heavy atom. The highest BCUT2D eigenvalue weighted by Gasteiger charge is 2.21. The van der Waals surface area contributed by atoms with Gasteiger partial charge in [0.05, 0.1) is 11.0 Å². The maximum Gasteiger partial charge on any atom is 0.238 e. The molecule has 3 heterocycles. The summed E-state index contributed by atoms with van der Waals surface area (Å²) >= 11 is 0. The molecule has 0 bridgehead atoms. The molecule has 0 radical (unpaired) electrons. The van der Waals surface area contributed by atoms with E-state index in [0.717, 1.165) is 76.8 Å². The van der Waals surface area contributed by atoms with Crippen molar-refractivity contribution in [3.05, 3.63) is 182 Å². The highest BCUT2D eigenvalue weighted by atomic mass is 16.3. The molecule has 5 nitrogen and oxygen atoms in total. The third kappa shape index (κ3) is 4.71. The van der Waals surface area contributed by atoms with Gasteiger partial charge in [-0.2, -0.15) is 9.97 Å². The Kier molecular flexibility index (Phi) is 6.56. The van der Waals surface area contributed by atoms with Crippen LogP contribution in [0.3, 0.4) is 0 Å². The van der Waals surface area contributed by atoms with Crippen molar-refractivity contribution in [1.82, 2.24) is 19.5 Å². The first-order valence-corrected chi connectivity index (χ1v) is 18.8. The van der Waals surface area contributed by atoms with E-state index in [0.29, 0.717) is 17.6 Å². The molecule has 0 amide bonds. The monoisotopic (exact) mass is 714 g/mol. The molecule has 5 heteroatoms. The Hall–Kier alpha value is -7.63. The van der Waals surface area contributed by atoms with E-state index >= 15 is 0 Å². The maximum atomic E-state index is 6.41. The third-order valence-electron chi connectivity index (χ3n) is 11.2. The van der Waals surface area contributed by atoms with Crippen LogP contribution in [0.5, 0.6) is 0 Å². The number of nitrogens with zero attached hydrogens (tertiary/aromatic N) is 4. The van der Waals surface area contributed by atoms with Crippen LogP contribution in [0.4, 0.5) is 0 Å². The molecule has 0 fully saturated rings. The number of fused-ring (bicyclic) bond motifs is 10.